The molecule has 25 heavy (non-hydrogen) atoms. The van der Waals surface area contributed by atoms with Crippen LogP contribution in [0.2, 0.25) is 0 Å². The van der Waals surface area contributed by atoms with E-state index in [-0.39, 0.29) is 24.4 Å². The van der Waals surface area contributed by atoms with E-state index in [2.05, 4.69) is 10.2 Å². The molecule has 0 radical (unpaired) electrons. The summed E-state index contributed by atoms with van der Waals surface area (Å²) in [6.07, 6.45) is -0.0400. The van der Waals surface area contributed by atoms with Gasteiger partial charge in [-0.25, -0.2) is 9.49 Å². The van der Waals surface area contributed by atoms with Gasteiger partial charge >= 0.3 is 5.97 Å². The fraction of sp³-hybridized carbons (Fsp3) is 0.167. The summed E-state index contributed by atoms with van der Waals surface area (Å²) in [4.78, 5) is 24.2. The van der Waals surface area contributed by atoms with E-state index in [1.807, 2.05) is 0 Å². The molecule has 1 N–H and O–H groups in total. The molecule has 0 amide bonds. The van der Waals surface area contributed by atoms with Crippen molar-refractivity contribution in [3.63, 3.8) is 0 Å². The van der Waals surface area contributed by atoms with E-state index in [4.69, 9.17) is 4.74 Å². The van der Waals surface area contributed by atoms with Gasteiger partial charge in [0.1, 0.15) is 12.4 Å². The number of fused-ring (bicyclic) bond motifs is 1. The zero-order chi connectivity index (χ0) is 17.6. The van der Waals surface area contributed by atoms with Crippen LogP contribution in [0.5, 0.6) is 0 Å². The Bertz CT molecular complexity index is 958. The standard InChI is InChI=1S/C18H15FN2O3S/c19-14-7-3-4-8-16(14)25-10-9-24-17(22)11-15-12-5-1-2-6-13(12)18(23)21-20-15/h1-8H,9-11H2,(H,21,23). The average molecular weight is 358 g/mol. The van der Waals surface area contributed by atoms with Crippen LogP contribution in [0.1, 0.15) is 5.69 Å². The van der Waals surface area contributed by atoms with Crippen LogP contribution in [0.3, 0.4) is 0 Å². The van der Waals surface area contributed by atoms with E-state index in [0.29, 0.717) is 27.1 Å². The molecular formula is C18H15FN2O3S. The van der Waals surface area contributed by atoms with Crippen molar-refractivity contribution in [3.8, 4) is 0 Å². The van der Waals surface area contributed by atoms with E-state index in [0.717, 1.165) is 0 Å². The number of carbonyl (C=O) groups is 1. The van der Waals surface area contributed by atoms with Crippen LogP contribution in [0.4, 0.5) is 4.39 Å². The fourth-order valence-corrected chi connectivity index (χ4v) is 3.13. The van der Waals surface area contributed by atoms with Crippen LogP contribution in [0.25, 0.3) is 10.8 Å². The van der Waals surface area contributed by atoms with E-state index in [1.54, 1.807) is 42.5 Å². The molecule has 0 saturated carbocycles. The molecule has 2 aromatic carbocycles. The highest BCUT2D eigenvalue weighted by molar-refractivity contribution is 7.99. The lowest BCUT2D eigenvalue weighted by molar-refractivity contribution is -0.142. The molecule has 0 bridgehead atoms. The molecule has 0 fully saturated rings. The highest BCUT2D eigenvalue weighted by Crippen LogP contribution is 2.20. The maximum absolute atomic E-state index is 13.5. The smallest absolute Gasteiger partial charge is 0.311 e. The number of rotatable bonds is 6. The van der Waals surface area contributed by atoms with Crippen molar-refractivity contribution in [2.24, 2.45) is 0 Å². The fourth-order valence-electron chi connectivity index (χ4n) is 2.36. The Morgan fingerprint density at radius 1 is 1.12 bits per heavy atom. The minimum atomic E-state index is -0.446. The lowest BCUT2D eigenvalue weighted by Gasteiger charge is -2.07. The summed E-state index contributed by atoms with van der Waals surface area (Å²) in [6, 6.07) is 13.4. The van der Waals surface area contributed by atoms with E-state index >= 15 is 0 Å². The number of H-pyrrole nitrogens is 1. The second-order valence-electron chi connectivity index (χ2n) is 5.22. The number of hydrogen-bond acceptors (Lipinski definition) is 5. The van der Waals surface area contributed by atoms with Gasteiger partial charge in [-0.3, -0.25) is 9.59 Å². The van der Waals surface area contributed by atoms with Crippen LogP contribution < -0.4 is 5.56 Å². The zero-order valence-electron chi connectivity index (χ0n) is 13.2. The number of halogens is 1. The third-order valence-electron chi connectivity index (χ3n) is 3.53. The maximum atomic E-state index is 13.5. The van der Waals surface area contributed by atoms with Crippen molar-refractivity contribution >= 4 is 28.5 Å². The molecule has 128 valence electrons. The molecule has 1 aromatic heterocycles. The number of aromatic amines is 1. The van der Waals surface area contributed by atoms with Gasteiger partial charge in [-0.15, -0.1) is 11.8 Å². The SMILES string of the molecule is O=C(Cc1n[nH]c(=O)c2ccccc12)OCCSc1ccccc1F. The first-order valence-electron chi connectivity index (χ1n) is 7.64. The van der Waals surface area contributed by atoms with Crippen molar-refractivity contribution in [2.75, 3.05) is 12.4 Å². The van der Waals surface area contributed by atoms with Gasteiger partial charge in [0, 0.05) is 16.0 Å². The minimum absolute atomic E-state index is 0.0400. The van der Waals surface area contributed by atoms with Crippen LogP contribution in [0.15, 0.2) is 58.2 Å². The Morgan fingerprint density at radius 2 is 1.84 bits per heavy atom. The van der Waals surface area contributed by atoms with Gasteiger partial charge in [0.25, 0.3) is 5.56 Å². The van der Waals surface area contributed by atoms with Gasteiger partial charge in [0.15, 0.2) is 0 Å². The second-order valence-corrected chi connectivity index (χ2v) is 6.36. The van der Waals surface area contributed by atoms with Gasteiger partial charge in [0.05, 0.1) is 17.5 Å². The number of carbonyl (C=O) groups excluding carboxylic acids is 1. The van der Waals surface area contributed by atoms with Gasteiger partial charge < -0.3 is 4.74 Å². The number of ether oxygens (including phenoxy) is 1. The summed E-state index contributed by atoms with van der Waals surface area (Å²) >= 11 is 1.28. The number of esters is 1. The van der Waals surface area contributed by atoms with E-state index in [9.17, 15) is 14.0 Å². The molecule has 7 heteroatoms. The Kier molecular flexibility index (Phi) is 5.45. The molecule has 0 aliphatic carbocycles. The Morgan fingerprint density at radius 3 is 2.64 bits per heavy atom. The highest BCUT2D eigenvalue weighted by atomic mass is 32.2. The van der Waals surface area contributed by atoms with Gasteiger partial charge in [0.2, 0.25) is 0 Å². The number of benzene rings is 2. The first kappa shape index (κ1) is 17.2. The van der Waals surface area contributed by atoms with E-state index in [1.165, 1.54) is 17.8 Å². The Balaban J connectivity index is 1.56. The summed E-state index contributed by atoms with van der Waals surface area (Å²) in [7, 11) is 0. The Hall–Kier alpha value is -2.67. The molecule has 5 nitrogen and oxygen atoms in total. The second kappa shape index (κ2) is 7.94. The first-order chi connectivity index (χ1) is 12.1. The molecule has 0 saturated heterocycles. The quantitative estimate of drug-likeness (QED) is 0.417. The monoisotopic (exact) mass is 358 g/mol. The van der Waals surface area contributed by atoms with Crippen LogP contribution in [-0.4, -0.2) is 28.5 Å². The van der Waals surface area contributed by atoms with Crippen molar-refractivity contribution < 1.29 is 13.9 Å². The van der Waals surface area contributed by atoms with Crippen LogP contribution in [0, 0.1) is 5.82 Å². The maximum Gasteiger partial charge on any atom is 0.311 e. The number of nitrogens with zero attached hydrogens (tertiary/aromatic N) is 1. The molecule has 1 heterocycles. The van der Waals surface area contributed by atoms with Crippen molar-refractivity contribution in [1.29, 1.82) is 0 Å². The number of aromatic nitrogens is 2. The summed E-state index contributed by atoms with van der Waals surface area (Å²) in [5, 5.41) is 7.44. The van der Waals surface area contributed by atoms with Crippen LogP contribution in [-0.2, 0) is 16.0 Å². The topological polar surface area (TPSA) is 72.0 Å². The summed E-state index contributed by atoms with van der Waals surface area (Å²) in [5.74, 6) is -0.284. The molecule has 0 spiro atoms. The van der Waals surface area contributed by atoms with Gasteiger partial charge in [-0.2, -0.15) is 5.10 Å². The first-order valence-corrected chi connectivity index (χ1v) is 8.63. The number of hydrogen-bond donors (Lipinski definition) is 1. The van der Waals surface area contributed by atoms with Gasteiger partial charge in [-0.1, -0.05) is 30.3 Å². The van der Waals surface area contributed by atoms with Crippen molar-refractivity contribution in [2.45, 2.75) is 11.3 Å². The molecular weight excluding hydrogens is 343 g/mol. The Labute approximate surface area is 147 Å². The number of nitrogens with one attached hydrogen (secondary N) is 1. The van der Waals surface area contributed by atoms with Crippen molar-refractivity contribution in [1.82, 2.24) is 10.2 Å². The molecule has 0 aliphatic heterocycles. The van der Waals surface area contributed by atoms with Crippen LogP contribution >= 0.6 is 11.8 Å². The summed E-state index contributed by atoms with van der Waals surface area (Å²) < 4.78 is 18.7. The van der Waals surface area contributed by atoms with Crippen molar-refractivity contribution in [3.05, 3.63) is 70.4 Å². The normalized spacial score (nSPS) is 10.8. The molecule has 0 atom stereocenters. The highest BCUT2D eigenvalue weighted by Gasteiger charge is 2.11. The summed E-state index contributed by atoms with van der Waals surface area (Å²) in [5.41, 5.74) is 0.163. The lowest BCUT2D eigenvalue weighted by atomic mass is 10.1. The number of thioether (sulfide) groups is 1. The summed E-state index contributed by atoms with van der Waals surface area (Å²) in [6.45, 7) is 0.166. The molecule has 3 rings (SSSR count). The average Bonchev–Trinajstić information content (AvgIpc) is 2.63. The third-order valence-corrected chi connectivity index (χ3v) is 4.54. The van der Waals surface area contributed by atoms with Gasteiger partial charge in [-0.05, 0) is 18.2 Å². The third kappa shape index (κ3) is 4.24. The molecule has 0 aliphatic rings. The lowest BCUT2D eigenvalue weighted by Crippen LogP contribution is -2.16. The molecule has 0 unspecified atom stereocenters. The predicted molar refractivity (Wildman–Crippen MR) is 94.2 cm³/mol. The zero-order valence-corrected chi connectivity index (χ0v) is 14.0. The predicted octanol–water partition coefficient (Wildman–Crippen LogP) is 2.94. The molecule has 3 aromatic rings. The largest absolute Gasteiger partial charge is 0.464 e. The van der Waals surface area contributed by atoms with E-state index < -0.39 is 5.97 Å². The minimum Gasteiger partial charge on any atom is -0.464 e.